The predicted molar refractivity (Wildman–Crippen MR) is 190 cm³/mol. The van der Waals surface area contributed by atoms with E-state index in [0.717, 1.165) is 63.1 Å². The zero-order valence-electron chi connectivity index (χ0n) is 29.4. The first-order chi connectivity index (χ1) is 23.2. The number of rotatable bonds is 14. The zero-order valence-corrected chi connectivity index (χ0v) is 29.4. The minimum Gasteiger partial charge on any atom is -0.378 e. The Labute approximate surface area is 285 Å². The van der Waals surface area contributed by atoms with E-state index in [0.29, 0.717) is 67.1 Å². The number of carbonyl (C=O) groups excluding carboxylic acids is 3. The van der Waals surface area contributed by atoms with Gasteiger partial charge in [0.25, 0.3) is 17.7 Å². The highest BCUT2D eigenvalue weighted by Gasteiger charge is 2.24. The number of hydrogen-bond donors (Lipinski definition) is 1. The van der Waals surface area contributed by atoms with E-state index in [9.17, 15) is 14.4 Å². The summed E-state index contributed by atoms with van der Waals surface area (Å²) in [6, 6.07) is 10.8. The first kappa shape index (κ1) is 35.5. The van der Waals surface area contributed by atoms with Crippen LogP contribution in [-0.4, -0.2) is 101 Å². The molecule has 3 aromatic rings. The van der Waals surface area contributed by atoms with Crippen molar-refractivity contribution in [1.82, 2.24) is 24.3 Å². The Bertz CT molecular complexity index is 1510. The monoisotopic (exact) mass is 658 g/mol. The Hall–Kier alpha value is -3.76. The van der Waals surface area contributed by atoms with Gasteiger partial charge in [0.05, 0.1) is 18.7 Å². The Balaban J connectivity index is 1.38. The van der Waals surface area contributed by atoms with Gasteiger partial charge in [-0.05, 0) is 106 Å². The van der Waals surface area contributed by atoms with E-state index >= 15 is 0 Å². The smallest absolute Gasteiger partial charge is 0.276 e. The molecule has 4 heterocycles. The van der Waals surface area contributed by atoms with Crippen molar-refractivity contribution in [3.8, 4) is 0 Å². The molecule has 10 nitrogen and oxygen atoms in total. The molecule has 0 spiro atoms. The molecule has 0 radical (unpaired) electrons. The maximum atomic E-state index is 13.9. The second-order valence-electron chi connectivity index (χ2n) is 14.2. The highest BCUT2D eigenvalue weighted by atomic mass is 16.5. The van der Waals surface area contributed by atoms with Crippen LogP contribution in [-0.2, 0) is 11.2 Å². The van der Waals surface area contributed by atoms with Gasteiger partial charge in [0.2, 0.25) is 0 Å². The van der Waals surface area contributed by atoms with Crippen molar-refractivity contribution >= 4 is 28.9 Å². The van der Waals surface area contributed by atoms with Gasteiger partial charge in [0.1, 0.15) is 0 Å². The van der Waals surface area contributed by atoms with Gasteiger partial charge in [-0.2, -0.15) is 5.10 Å². The van der Waals surface area contributed by atoms with Crippen LogP contribution in [0.4, 0.5) is 5.69 Å². The molecule has 0 unspecified atom stereocenters. The third-order valence-electron chi connectivity index (χ3n) is 9.48. The van der Waals surface area contributed by atoms with E-state index in [2.05, 4.69) is 37.9 Å². The van der Waals surface area contributed by atoms with Crippen molar-refractivity contribution in [1.29, 1.82) is 0 Å². The fourth-order valence-electron chi connectivity index (χ4n) is 6.48. The summed E-state index contributed by atoms with van der Waals surface area (Å²) in [5, 5.41) is 7.75. The summed E-state index contributed by atoms with van der Waals surface area (Å²) in [6.07, 6.45) is 9.04. The lowest BCUT2D eigenvalue weighted by molar-refractivity contribution is 0.0303. The summed E-state index contributed by atoms with van der Waals surface area (Å²) in [5.41, 5.74) is 3.81. The average molecular weight is 659 g/mol. The lowest BCUT2D eigenvalue weighted by Gasteiger charge is -2.26. The fraction of sp³-hybridized carbons (Fsp3) is 0.579. The number of aryl methyl sites for hydroxylation is 1. The topological polar surface area (TPSA) is 99.5 Å². The Kier molecular flexibility index (Phi) is 12.6. The van der Waals surface area contributed by atoms with Gasteiger partial charge < -0.3 is 24.8 Å². The van der Waals surface area contributed by atoms with Crippen LogP contribution < -0.4 is 5.32 Å². The van der Waals surface area contributed by atoms with Crippen LogP contribution in [0.1, 0.15) is 103 Å². The lowest BCUT2D eigenvalue weighted by atomic mass is 10.0. The number of nitrogens with one attached hydrogen (secondary N) is 1. The number of hydrogen-bond acceptors (Lipinski definition) is 6. The molecule has 1 aromatic carbocycles. The number of benzene rings is 1. The third kappa shape index (κ3) is 9.44. The van der Waals surface area contributed by atoms with Crippen LogP contribution in [0.5, 0.6) is 0 Å². The number of pyridine rings is 1. The maximum Gasteiger partial charge on any atom is 0.276 e. The molecule has 0 saturated carbocycles. The van der Waals surface area contributed by atoms with Crippen molar-refractivity contribution in [2.24, 2.45) is 11.8 Å². The fourth-order valence-corrected chi connectivity index (χ4v) is 6.48. The van der Waals surface area contributed by atoms with Crippen LogP contribution in [0.3, 0.4) is 0 Å². The molecule has 0 aliphatic carbocycles. The number of fused-ring (bicyclic) bond motifs is 1. The van der Waals surface area contributed by atoms with E-state index in [-0.39, 0.29) is 17.7 Å². The van der Waals surface area contributed by atoms with Crippen molar-refractivity contribution in [2.45, 2.75) is 72.6 Å². The molecule has 2 saturated heterocycles. The number of ether oxygens (including phenoxy) is 1. The normalized spacial score (nSPS) is 15.8. The molecule has 1 N–H and O–H groups in total. The number of carbonyl (C=O) groups is 3. The van der Waals surface area contributed by atoms with Gasteiger partial charge in [0.15, 0.2) is 5.69 Å². The predicted octanol–water partition coefficient (Wildman–Crippen LogP) is 6.01. The molecule has 5 rings (SSSR count). The van der Waals surface area contributed by atoms with E-state index in [1.54, 1.807) is 33.7 Å². The molecule has 48 heavy (non-hydrogen) atoms. The van der Waals surface area contributed by atoms with Gasteiger partial charge in [-0.1, -0.05) is 34.1 Å². The van der Waals surface area contributed by atoms with Gasteiger partial charge in [-0.3, -0.25) is 14.4 Å². The number of piperidine rings is 1. The number of nitrogens with zero attached hydrogens (tertiary/aromatic N) is 5. The van der Waals surface area contributed by atoms with Crippen LogP contribution in [0.25, 0.3) is 5.52 Å². The maximum absolute atomic E-state index is 13.9. The number of anilines is 1. The molecule has 2 aliphatic rings. The molecular formula is C38H54N6O4. The van der Waals surface area contributed by atoms with Gasteiger partial charge >= 0.3 is 0 Å². The molecular weight excluding hydrogens is 604 g/mol. The Morgan fingerprint density at radius 2 is 1.54 bits per heavy atom. The van der Waals surface area contributed by atoms with E-state index in [1.807, 2.05) is 23.2 Å². The summed E-state index contributed by atoms with van der Waals surface area (Å²) in [4.78, 5) is 46.9. The first-order valence-corrected chi connectivity index (χ1v) is 18.0. The summed E-state index contributed by atoms with van der Waals surface area (Å²) in [5.74, 6) is 0.695. The Morgan fingerprint density at radius 3 is 2.19 bits per heavy atom. The molecule has 2 fully saturated rings. The van der Waals surface area contributed by atoms with Gasteiger partial charge in [0, 0.05) is 54.8 Å². The lowest BCUT2D eigenvalue weighted by Crippen LogP contribution is -2.40. The standard InChI is InChI=1S/C38H54N6O4/c1-28(2)14-20-42(21-15-29(3)4)38(47)31-16-22-44-34(27-31)33(9-8-19-41-17-6-5-7-18-41)35(40-44)36(45)39-32-12-10-30(11-13-32)37(46)43-23-25-48-26-24-43/h10-13,16,22,27-29H,5-9,14-15,17-21,23-26H2,1-4H3,(H,39,45). The number of amides is 3. The minimum absolute atomic E-state index is 0.0250. The zero-order chi connectivity index (χ0) is 34.0. The molecule has 3 amide bonds. The molecule has 10 heteroatoms. The molecule has 2 aromatic heterocycles. The average Bonchev–Trinajstić information content (AvgIpc) is 3.46. The highest BCUT2D eigenvalue weighted by Crippen LogP contribution is 2.23. The first-order valence-electron chi connectivity index (χ1n) is 18.0. The second kappa shape index (κ2) is 17.1. The van der Waals surface area contributed by atoms with Gasteiger partial charge in [-0.25, -0.2) is 4.52 Å². The van der Waals surface area contributed by atoms with Crippen molar-refractivity contribution in [3.05, 3.63) is 65.0 Å². The molecule has 0 atom stereocenters. The van der Waals surface area contributed by atoms with Gasteiger partial charge in [-0.15, -0.1) is 0 Å². The number of morpholine rings is 1. The van der Waals surface area contributed by atoms with Crippen LogP contribution in [0, 0.1) is 11.8 Å². The Morgan fingerprint density at radius 1 is 0.875 bits per heavy atom. The minimum atomic E-state index is -0.303. The second-order valence-corrected chi connectivity index (χ2v) is 14.2. The molecule has 0 bridgehead atoms. The van der Waals surface area contributed by atoms with Crippen LogP contribution in [0.15, 0.2) is 42.6 Å². The molecule has 2 aliphatic heterocycles. The molecule has 260 valence electrons. The van der Waals surface area contributed by atoms with Crippen LogP contribution >= 0.6 is 0 Å². The van der Waals surface area contributed by atoms with E-state index in [1.165, 1.54) is 19.3 Å². The summed E-state index contributed by atoms with van der Waals surface area (Å²) in [6.45, 7) is 15.6. The summed E-state index contributed by atoms with van der Waals surface area (Å²) < 4.78 is 7.11. The third-order valence-corrected chi connectivity index (χ3v) is 9.48. The quantitative estimate of drug-likeness (QED) is 0.228. The largest absolute Gasteiger partial charge is 0.378 e. The highest BCUT2D eigenvalue weighted by molar-refractivity contribution is 6.06. The van der Waals surface area contributed by atoms with E-state index < -0.39 is 0 Å². The summed E-state index contributed by atoms with van der Waals surface area (Å²) in [7, 11) is 0. The van der Waals surface area contributed by atoms with Crippen molar-refractivity contribution in [2.75, 3.05) is 64.3 Å². The van der Waals surface area contributed by atoms with Crippen molar-refractivity contribution in [3.63, 3.8) is 0 Å². The number of likely N-dealkylation sites (tertiary alicyclic amines) is 1. The SMILES string of the molecule is CC(C)CCN(CCC(C)C)C(=O)c1ccn2nc(C(=O)Nc3ccc(C(=O)N4CCOCC4)cc3)c(CCCN3CCCCC3)c2c1. The summed E-state index contributed by atoms with van der Waals surface area (Å²) >= 11 is 0. The van der Waals surface area contributed by atoms with Crippen molar-refractivity contribution < 1.29 is 19.1 Å². The van der Waals surface area contributed by atoms with Crippen LogP contribution in [0.2, 0.25) is 0 Å². The van der Waals surface area contributed by atoms with E-state index in [4.69, 9.17) is 9.84 Å². The number of aromatic nitrogens is 2.